The summed E-state index contributed by atoms with van der Waals surface area (Å²) >= 11 is 6.15. The maximum atomic E-state index is 13.6. The zero-order valence-corrected chi connectivity index (χ0v) is 32.5. The van der Waals surface area contributed by atoms with Gasteiger partial charge < -0.3 is 19.9 Å². The van der Waals surface area contributed by atoms with Crippen LogP contribution in [-0.4, -0.2) is 103 Å². The van der Waals surface area contributed by atoms with Crippen molar-refractivity contribution in [3.8, 4) is 11.8 Å². The van der Waals surface area contributed by atoms with E-state index in [9.17, 15) is 24.0 Å². The van der Waals surface area contributed by atoms with Crippen LogP contribution in [0.5, 0.6) is 5.75 Å². The normalized spacial score (nSPS) is 23.2. The Hall–Kier alpha value is -5.45. The van der Waals surface area contributed by atoms with Crippen molar-refractivity contribution in [3.63, 3.8) is 0 Å². The molecule has 0 radical (unpaired) electrons. The summed E-state index contributed by atoms with van der Waals surface area (Å²) in [5.41, 5.74) is 3.59. The van der Waals surface area contributed by atoms with Crippen LogP contribution in [0.1, 0.15) is 88.0 Å². The molecule has 0 bridgehead atoms. The van der Waals surface area contributed by atoms with Crippen molar-refractivity contribution in [2.45, 2.75) is 69.6 Å². The maximum absolute atomic E-state index is 13.6. The van der Waals surface area contributed by atoms with Crippen molar-refractivity contribution in [1.29, 1.82) is 5.26 Å². The zero-order chi connectivity index (χ0) is 39.6. The van der Waals surface area contributed by atoms with Crippen molar-refractivity contribution >= 4 is 52.5 Å². The van der Waals surface area contributed by atoms with Gasteiger partial charge in [0, 0.05) is 75.6 Å². The van der Waals surface area contributed by atoms with E-state index < -0.39 is 29.7 Å². The Kier molecular flexibility index (Phi) is 11.2. The van der Waals surface area contributed by atoms with E-state index in [1.165, 1.54) is 0 Å². The molecule has 5 aliphatic rings. The van der Waals surface area contributed by atoms with Gasteiger partial charge >= 0.3 is 0 Å². The molecule has 1 saturated carbocycles. The number of hydrogen-bond donors (Lipinski definition) is 2. The largest absolute Gasteiger partial charge is 0.490 e. The van der Waals surface area contributed by atoms with Crippen LogP contribution in [0.25, 0.3) is 0 Å². The predicted octanol–water partition coefficient (Wildman–Crippen LogP) is 4.77. The summed E-state index contributed by atoms with van der Waals surface area (Å²) in [7, 11) is 0. The number of imide groups is 2. The number of benzene rings is 3. The number of carbonyl (C=O) groups excluding carboxylic acids is 5. The molecule has 8 rings (SSSR count). The Morgan fingerprint density at radius 1 is 0.842 bits per heavy atom. The molecule has 1 unspecified atom stereocenters. The Labute approximate surface area is 336 Å². The molecule has 0 aromatic heterocycles. The van der Waals surface area contributed by atoms with Gasteiger partial charge in [0.1, 0.15) is 17.9 Å². The van der Waals surface area contributed by atoms with Gasteiger partial charge in [0.15, 0.2) is 0 Å². The first-order chi connectivity index (χ1) is 27.6. The number of nitrogens with one attached hydrogen (secondary N) is 2. The SMILES string of the molecule is N#Cc1ccc(O[C@H]2CC[C@H](NC(=O)c3ccc(N4CCN(CC5CCN(c6cccc7c6C(=O)N(C6CCC(=O)NC6=O)C7=O)CC5)CC4)cc3)CC2)cc1Cl. The van der Waals surface area contributed by atoms with Gasteiger partial charge in [-0.25, -0.2) is 0 Å². The van der Waals surface area contributed by atoms with E-state index in [0.717, 1.165) is 101 Å². The fourth-order valence-corrected chi connectivity index (χ4v) is 9.15. The molecule has 296 valence electrons. The van der Waals surface area contributed by atoms with E-state index in [0.29, 0.717) is 38.9 Å². The highest BCUT2D eigenvalue weighted by atomic mass is 35.5. The highest BCUT2D eigenvalue weighted by molar-refractivity contribution is 6.31. The number of hydrogen-bond acceptors (Lipinski definition) is 10. The van der Waals surface area contributed by atoms with Gasteiger partial charge in [-0.1, -0.05) is 17.7 Å². The fourth-order valence-electron chi connectivity index (χ4n) is 8.94. The lowest BCUT2D eigenvalue weighted by Crippen LogP contribution is -2.54. The van der Waals surface area contributed by atoms with Crippen LogP contribution >= 0.6 is 11.6 Å². The Bertz CT molecular complexity index is 2100. The second-order valence-electron chi connectivity index (χ2n) is 15.7. The number of amides is 5. The first-order valence-electron chi connectivity index (χ1n) is 20.0. The molecule has 3 saturated heterocycles. The minimum atomic E-state index is -0.979. The predicted molar refractivity (Wildman–Crippen MR) is 213 cm³/mol. The second-order valence-corrected chi connectivity index (χ2v) is 16.1. The van der Waals surface area contributed by atoms with E-state index in [2.05, 4.69) is 31.4 Å². The minimum absolute atomic E-state index is 0.0424. The summed E-state index contributed by atoms with van der Waals surface area (Å²) in [6.45, 7) is 6.25. The van der Waals surface area contributed by atoms with Gasteiger partial charge in [0.05, 0.1) is 33.5 Å². The van der Waals surface area contributed by atoms with Crippen LogP contribution in [0.3, 0.4) is 0 Å². The summed E-state index contributed by atoms with van der Waals surface area (Å²) in [4.78, 5) is 72.4. The smallest absolute Gasteiger partial charge is 0.264 e. The maximum Gasteiger partial charge on any atom is 0.264 e. The summed E-state index contributed by atoms with van der Waals surface area (Å²) in [5, 5.41) is 14.9. The van der Waals surface area contributed by atoms with Gasteiger partial charge in [0.2, 0.25) is 11.8 Å². The standard InChI is InChI=1S/C43H46ClN7O6/c44-35-24-33(11-6-29(35)25-45)57-32-12-7-30(8-13-32)46-40(53)28-4-9-31(10-5-28)49-22-20-48(21-23-49)26-27-16-18-50(19-17-27)36-3-1-2-34-39(36)43(56)51(42(34)55)37-14-15-38(52)47-41(37)54/h1-6,9-11,24,27,30,32,37H,7-8,12-23,26H2,(H,46,53)(H,47,52,54)/t30-,32-,37?. The van der Waals surface area contributed by atoms with Crippen molar-refractivity contribution < 1.29 is 28.7 Å². The molecule has 1 atom stereocenters. The van der Waals surface area contributed by atoms with Crippen LogP contribution in [-0.2, 0) is 9.59 Å². The number of piperidine rings is 2. The van der Waals surface area contributed by atoms with Gasteiger partial charge in [-0.3, -0.25) is 39.1 Å². The number of fused-ring (bicyclic) bond motifs is 1. The monoisotopic (exact) mass is 791 g/mol. The number of rotatable bonds is 9. The molecule has 4 fully saturated rings. The van der Waals surface area contributed by atoms with E-state index in [4.69, 9.17) is 21.6 Å². The van der Waals surface area contributed by atoms with Crippen LogP contribution < -0.4 is 25.2 Å². The number of ether oxygens (including phenoxy) is 1. The third-order valence-electron chi connectivity index (χ3n) is 12.2. The molecule has 13 nitrogen and oxygen atoms in total. The molecule has 4 aliphatic heterocycles. The average Bonchev–Trinajstić information content (AvgIpc) is 3.48. The molecule has 0 spiro atoms. The number of carbonyl (C=O) groups is 5. The Balaban J connectivity index is 0.767. The number of anilines is 2. The number of nitriles is 1. The molecule has 57 heavy (non-hydrogen) atoms. The lowest BCUT2D eigenvalue weighted by Gasteiger charge is -2.40. The number of piperazine rings is 1. The van der Waals surface area contributed by atoms with Crippen LogP contribution in [0.4, 0.5) is 11.4 Å². The van der Waals surface area contributed by atoms with Crippen LogP contribution in [0.15, 0.2) is 60.7 Å². The van der Waals surface area contributed by atoms with Crippen LogP contribution in [0.2, 0.25) is 5.02 Å². The van der Waals surface area contributed by atoms with Crippen molar-refractivity contribution in [1.82, 2.24) is 20.4 Å². The molecular weight excluding hydrogens is 746 g/mol. The minimum Gasteiger partial charge on any atom is -0.490 e. The topological polar surface area (TPSA) is 155 Å². The molecule has 2 N–H and O–H groups in total. The first-order valence-corrected chi connectivity index (χ1v) is 20.4. The van der Waals surface area contributed by atoms with Gasteiger partial charge in [-0.2, -0.15) is 5.26 Å². The van der Waals surface area contributed by atoms with Crippen molar-refractivity contribution in [3.05, 3.63) is 87.9 Å². The number of nitrogens with zero attached hydrogens (tertiary/aromatic N) is 5. The molecule has 4 heterocycles. The zero-order valence-electron chi connectivity index (χ0n) is 31.8. The van der Waals surface area contributed by atoms with E-state index >= 15 is 0 Å². The Morgan fingerprint density at radius 2 is 1.58 bits per heavy atom. The third kappa shape index (κ3) is 8.20. The van der Waals surface area contributed by atoms with E-state index in [1.807, 2.05) is 30.3 Å². The quantitative estimate of drug-likeness (QED) is 0.290. The fraction of sp³-hybridized carbons (Fsp3) is 0.442. The van der Waals surface area contributed by atoms with Gasteiger partial charge in [-0.05, 0) is 99.4 Å². The highest BCUT2D eigenvalue weighted by Gasteiger charge is 2.46. The molecule has 14 heteroatoms. The summed E-state index contributed by atoms with van der Waals surface area (Å²) in [5.74, 6) is -0.830. The van der Waals surface area contributed by atoms with Crippen molar-refractivity contribution in [2.24, 2.45) is 5.92 Å². The summed E-state index contributed by atoms with van der Waals surface area (Å²) in [6.07, 6.45) is 5.50. The average molecular weight is 792 g/mol. The lowest BCUT2D eigenvalue weighted by atomic mass is 9.92. The highest BCUT2D eigenvalue weighted by Crippen LogP contribution is 2.36. The summed E-state index contributed by atoms with van der Waals surface area (Å²) in [6, 6.07) is 19.5. The van der Waals surface area contributed by atoms with Crippen molar-refractivity contribution in [2.75, 3.05) is 55.6 Å². The molecule has 1 aliphatic carbocycles. The second kappa shape index (κ2) is 16.6. The number of halogens is 1. The van der Waals surface area contributed by atoms with E-state index in [-0.39, 0.29) is 30.9 Å². The van der Waals surface area contributed by atoms with Crippen LogP contribution in [0, 0.1) is 17.2 Å². The molecule has 5 amide bonds. The molecular formula is C43H46ClN7O6. The molecule has 3 aromatic carbocycles. The lowest BCUT2D eigenvalue weighted by molar-refractivity contribution is -0.136. The third-order valence-corrected chi connectivity index (χ3v) is 12.5. The van der Waals surface area contributed by atoms with Gasteiger partial charge in [-0.15, -0.1) is 0 Å². The summed E-state index contributed by atoms with van der Waals surface area (Å²) < 4.78 is 6.10. The first kappa shape index (κ1) is 38.4. The molecule has 3 aromatic rings. The van der Waals surface area contributed by atoms with Gasteiger partial charge in [0.25, 0.3) is 17.7 Å². The van der Waals surface area contributed by atoms with E-state index in [1.54, 1.807) is 30.3 Å². The Morgan fingerprint density at radius 3 is 2.26 bits per heavy atom.